The van der Waals surface area contributed by atoms with Gasteiger partial charge < -0.3 is 14.9 Å². The van der Waals surface area contributed by atoms with Gasteiger partial charge in [-0.1, -0.05) is 0 Å². The van der Waals surface area contributed by atoms with E-state index in [2.05, 4.69) is 4.74 Å². The third-order valence-corrected chi connectivity index (χ3v) is 0.900. The summed E-state index contributed by atoms with van der Waals surface area (Å²) in [6.07, 6.45) is -0.652. The molecule has 0 rings (SSSR count). The van der Waals surface area contributed by atoms with Gasteiger partial charge in [0.1, 0.15) is 0 Å². The van der Waals surface area contributed by atoms with Crippen LogP contribution in [0.25, 0.3) is 0 Å². The van der Waals surface area contributed by atoms with Gasteiger partial charge in [0.2, 0.25) is 0 Å². The van der Waals surface area contributed by atoms with E-state index >= 15 is 0 Å². The molecule has 0 saturated carbocycles. The molecule has 0 fully saturated rings. The Hall–Kier alpha value is 3.32. The molecule has 0 amide bonds. The van der Waals surface area contributed by atoms with Crippen LogP contribution < -0.4 is 0 Å². The molecule has 6 nitrogen and oxygen atoms in total. The van der Waals surface area contributed by atoms with Crippen molar-refractivity contribution in [3.63, 3.8) is 0 Å². The monoisotopic (exact) mass is 296 g/mol. The maximum atomic E-state index is 10.5. The number of rotatable bonds is 5. The maximum absolute atomic E-state index is 10.5. The molecule has 0 heterocycles. The van der Waals surface area contributed by atoms with Crippen LogP contribution in [0.3, 0.4) is 0 Å². The van der Waals surface area contributed by atoms with Gasteiger partial charge >= 0.3 is 172 Å². The van der Waals surface area contributed by atoms with Gasteiger partial charge in [0.25, 0.3) is 0 Å². The summed E-state index contributed by atoms with van der Waals surface area (Å²) in [5.74, 6) is -3.21. The van der Waals surface area contributed by atoms with Crippen molar-refractivity contribution in [2.45, 2.75) is 12.8 Å². The molecule has 0 spiro atoms. The van der Waals surface area contributed by atoms with E-state index < -0.39 is 24.5 Å². The zero-order chi connectivity index (χ0) is 9.56. The Kier molecular flexibility index (Phi) is 30.9. The molecule has 0 bridgehead atoms. The van der Waals surface area contributed by atoms with Crippen molar-refractivity contribution in [3.8, 4) is 0 Å². The zero-order valence-corrected chi connectivity index (χ0v) is 6.15. The van der Waals surface area contributed by atoms with E-state index in [-0.39, 0.29) is 167 Å². The van der Waals surface area contributed by atoms with E-state index in [0.29, 0.717) is 0 Å². The minimum absolute atomic E-state index is 0. The first-order chi connectivity index (χ1) is 5.52. The van der Waals surface area contributed by atoms with Gasteiger partial charge in [-0.05, 0) is 0 Å². The second-order valence-electron chi connectivity index (χ2n) is 1.95. The molecule has 0 aliphatic heterocycles. The third kappa shape index (κ3) is 22.9. The van der Waals surface area contributed by atoms with E-state index in [0.717, 1.165) is 0 Å². The Labute approximate surface area is 215 Å². The normalized spacial score (nSPS) is 7.20. The number of hydrogen-bond donors (Lipinski definition) is 2. The molecule has 74 valence electrons. The molecular weight excluding hydrogens is 285 g/mol. The average molecular weight is 296 g/mol. The topological polar surface area (TPSA) is 101 Å². The summed E-state index contributed by atoms with van der Waals surface area (Å²) in [4.78, 5) is 30.3. The molecule has 0 atom stereocenters. The molecule has 0 aromatic heterocycles. The molecule has 0 aliphatic rings. The van der Waals surface area contributed by atoms with Gasteiger partial charge in [-0.25, -0.2) is 4.79 Å². The molecule has 0 aromatic rings. The minimum atomic E-state index is -1.27. The number of carboxylic acids is 2. The van der Waals surface area contributed by atoms with Crippen molar-refractivity contribution in [1.29, 1.82) is 0 Å². The Morgan fingerprint density at radius 3 is 1.67 bits per heavy atom. The standard InChI is InChI=1S/C6H8O6.3K.3H/c7-4(8)1-2-6(11)12-3-5(9)10;;;;;;/h1-3H2,(H,7,8)(H,9,10);;;;;;. The number of esters is 1. The number of carboxylic acid groups (broad SMARTS) is 2. The van der Waals surface area contributed by atoms with Crippen LogP contribution in [0.1, 0.15) is 12.8 Å². The van der Waals surface area contributed by atoms with Crippen molar-refractivity contribution in [2.24, 2.45) is 0 Å². The van der Waals surface area contributed by atoms with E-state index in [1.54, 1.807) is 0 Å². The van der Waals surface area contributed by atoms with Crippen LogP contribution in [-0.2, 0) is 19.1 Å². The SMILES string of the molecule is O=C(O)CCC(=O)OCC(=O)O.[KH].[KH].[KH]. The van der Waals surface area contributed by atoms with E-state index in [4.69, 9.17) is 10.2 Å². The summed E-state index contributed by atoms with van der Waals surface area (Å²) in [6.45, 7) is -0.724. The summed E-state index contributed by atoms with van der Waals surface area (Å²) < 4.78 is 4.15. The molecule has 9 heteroatoms. The fourth-order valence-electron chi connectivity index (χ4n) is 0.423. The van der Waals surface area contributed by atoms with E-state index in [1.165, 1.54) is 0 Å². The molecule has 0 unspecified atom stereocenters. The van der Waals surface area contributed by atoms with Crippen molar-refractivity contribution in [2.75, 3.05) is 6.61 Å². The van der Waals surface area contributed by atoms with Gasteiger partial charge in [-0.3, -0.25) is 9.59 Å². The molecule has 0 aliphatic carbocycles. The first-order valence-corrected chi connectivity index (χ1v) is 3.11. The molecular formula is C6H11K3O6. The van der Waals surface area contributed by atoms with Crippen LogP contribution in [0, 0.1) is 0 Å². The zero-order valence-electron chi connectivity index (χ0n) is 6.15. The second kappa shape index (κ2) is 17.3. The first-order valence-electron chi connectivity index (χ1n) is 3.11. The average Bonchev–Trinajstić information content (AvgIpc) is 1.96. The van der Waals surface area contributed by atoms with Crippen LogP contribution in [0.5, 0.6) is 0 Å². The van der Waals surface area contributed by atoms with Crippen LogP contribution in [0.15, 0.2) is 0 Å². The van der Waals surface area contributed by atoms with E-state index in [9.17, 15) is 14.4 Å². The van der Waals surface area contributed by atoms with Gasteiger partial charge in [-0.2, -0.15) is 0 Å². The first kappa shape index (κ1) is 26.8. The fourth-order valence-corrected chi connectivity index (χ4v) is 0.423. The van der Waals surface area contributed by atoms with Gasteiger partial charge in [0.15, 0.2) is 6.61 Å². The van der Waals surface area contributed by atoms with Crippen molar-refractivity contribution in [3.05, 3.63) is 0 Å². The van der Waals surface area contributed by atoms with Gasteiger partial charge in [-0.15, -0.1) is 0 Å². The molecule has 0 radical (unpaired) electrons. The van der Waals surface area contributed by atoms with Gasteiger partial charge in [0.05, 0.1) is 12.8 Å². The summed E-state index contributed by atoms with van der Waals surface area (Å²) in [5, 5.41) is 16.2. The molecule has 2 N–H and O–H groups in total. The van der Waals surface area contributed by atoms with Crippen LogP contribution in [-0.4, -0.2) is 189 Å². The summed E-state index contributed by atoms with van der Waals surface area (Å²) in [6, 6.07) is 0. The summed E-state index contributed by atoms with van der Waals surface area (Å²) in [7, 11) is 0. The van der Waals surface area contributed by atoms with Crippen molar-refractivity contribution < 1.29 is 29.3 Å². The number of carbonyl (C=O) groups excluding carboxylic acids is 1. The molecule has 0 aromatic carbocycles. The molecule has 15 heavy (non-hydrogen) atoms. The molecule has 0 saturated heterocycles. The Bertz CT molecular complexity index is 187. The number of ether oxygens (including phenoxy) is 1. The summed E-state index contributed by atoms with van der Waals surface area (Å²) in [5.41, 5.74) is 0. The number of carbonyl (C=O) groups is 3. The quantitative estimate of drug-likeness (QED) is 0.431. The van der Waals surface area contributed by atoms with Crippen molar-refractivity contribution in [1.82, 2.24) is 0 Å². The van der Waals surface area contributed by atoms with Crippen LogP contribution in [0.4, 0.5) is 0 Å². The van der Waals surface area contributed by atoms with Crippen molar-refractivity contribution >= 4 is 172 Å². The predicted molar refractivity (Wildman–Crippen MR) is 56.9 cm³/mol. The number of hydrogen-bond acceptors (Lipinski definition) is 4. The van der Waals surface area contributed by atoms with Crippen LogP contribution in [0.2, 0.25) is 0 Å². The van der Waals surface area contributed by atoms with E-state index in [1.807, 2.05) is 0 Å². The number of aliphatic carboxylic acids is 2. The van der Waals surface area contributed by atoms with Gasteiger partial charge in [0, 0.05) is 0 Å². The Morgan fingerprint density at radius 2 is 1.33 bits per heavy atom. The third-order valence-electron chi connectivity index (χ3n) is 0.900. The Morgan fingerprint density at radius 1 is 0.867 bits per heavy atom. The fraction of sp³-hybridized carbons (Fsp3) is 0.500. The second-order valence-corrected chi connectivity index (χ2v) is 1.95. The summed E-state index contributed by atoms with van der Waals surface area (Å²) >= 11 is 0. The Balaban J connectivity index is -0.000000202. The predicted octanol–water partition coefficient (Wildman–Crippen LogP) is -2.47. The van der Waals surface area contributed by atoms with Crippen LogP contribution >= 0.6 is 0 Å².